The molecule has 1 N–H and O–H groups in total. The third-order valence-electron chi connectivity index (χ3n) is 2.31. The highest BCUT2D eigenvalue weighted by Crippen LogP contribution is 2.27. The van der Waals surface area contributed by atoms with Crippen LogP contribution >= 0.6 is 23.2 Å². The van der Waals surface area contributed by atoms with Crippen LogP contribution in [-0.4, -0.2) is 9.55 Å². The molecule has 98 valence electrons. The highest BCUT2D eigenvalue weighted by atomic mass is 35.5. The fourth-order valence-corrected chi connectivity index (χ4v) is 1.55. The van der Waals surface area contributed by atoms with E-state index >= 15 is 0 Å². The van der Waals surface area contributed by atoms with Gasteiger partial charge in [-0.15, -0.1) is 10.2 Å². The molecule has 0 saturated carbocycles. The number of hydrogen-bond donors (Lipinski definition) is 1. The van der Waals surface area contributed by atoms with Gasteiger partial charge in [0.1, 0.15) is 0 Å². The van der Waals surface area contributed by atoms with Crippen LogP contribution < -0.4 is 11.2 Å². The summed E-state index contributed by atoms with van der Waals surface area (Å²) in [6.07, 6.45) is 0. The van der Waals surface area contributed by atoms with Crippen LogP contribution in [0, 0.1) is 0 Å². The van der Waals surface area contributed by atoms with E-state index in [0.717, 1.165) is 4.57 Å². The Balaban J connectivity index is 2.35. The van der Waals surface area contributed by atoms with E-state index in [4.69, 9.17) is 23.2 Å². The molecule has 1 aromatic carbocycles. The smallest absolute Gasteiger partial charge is 0.290 e. The van der Waals surface area contributed by atoms with E-state index in [0.29, 0.717) is 15.7 Å². The molecule has 0 aliphatic heterocycles. The zero-order valence-corrected chi connectivity index (χ0v) is 11.2. The number of benzene rings is 1. The van der Waals surface area contributed by atoms with Gasteiger partial charge in [-0.3, -0.25) is 14.3 Å². The number of aromatic amines is 1. The van der Waals surface area contributed by atoms with Crippen LogP contribution in [0.1, 0.15) is 0 Å². The molecule has 0 fully saturated rings. The van der Waals surface area contributed by atoms with Crippen molar-refractivity contribution < 1.29 is 0 Å². The first-order valence-electron chi connectivity index (χ1n) is 5.14. The first-order valence-corrected chi connectivity index (χ1v) is 5.90. The zero-order valence-electron chi connectivity index (χ0n) is 9.72. The maximum absolute atomic E-state index is 11.4. The van der Waals surface area contributed by atoms with Gasteiger partial charge in [0.15, 0.2) is 5.82 Å². The Kier molecular flexibility index (Phi) is 3.82. The van der Waals surface area contributed by atoms with Gasteiger partial charge in [-0.25, -0.2) is 4.79 Å². The van der Waals surface area contributed by atoms with Crippen LogP contribution in [0.15, 0.2) is 44.1 Å². The minimum absolute atomic E-state index is 0.0687. The van der Waals surface area contributed by atoms with Crippen molar-refractivity contribution in [3.8, 4) is 0 Å². The van der Waals surface area contributed by atoms with E-state index in [-0.39, 0.29) is 5.82 Å². The fourth-order valence-electron chi connectivity index (χ4n) is 1.26. The van der Waals surface area contributed by atoms with E-state index in [1.54, 1.807) is 12.1 Å². The summed E-state index contributed by atoms with van der Waals surface area (Å²) >= 11 is 11.6. The summed E-state index contributed by atoms with van der Waals surface area (Å²) in [5, 5.41) is 8.37. The van der Waals surface area contributed by atoms with Crippen LogP contribution in [-0.2, 0) is 7.05 Å². The van der Waals surface area contributed by atoms with E-state index < -0.39 is 11.2 Å². The monoisotopic (exact) mass is 298 g/mol. The number of nitrogens with zero attached hydrogens (tertiary/aromatic N) is 3. The number of halogens is 2. The summed E-state index contributed by atoms with van der Waals surface area (Å²) in [4.78, 5) is 25.1. The molecule has 19 heavy (non-hydrogen) atoms. The summed E-state index contributed by atoms with van der Waals surface area (Å²) < 4.78 is 0.929. The van der Waals surface area contributed by atoms with Crippen LogP contribution in [0.2, 0.25) is 10.0 Å². The molecule has 0 spiro atoms. The molecule has 0 aliphatic rings. The molecule has 2 aromatic rings. The molecule has 0 aliphatic carbocycles. The average molecular weight is 299 g/mol. The third-order valence-corrected chi connectivity index (χ3v) is 3.05. The lowest BCUT2D eigenvalue weighted by Crippen LogP contribution is -2.31. The minimum Gasteiger partial charge on any atom is -0.290 e. The van der Waals surface area contributed by atoms with Crippen LogP contribution in [0.3, 0.4) is 0 Å². The zero-order chi connectivity index (χ0) is 14.0. The van der Waals surface area contributed by atoms with Gasteiger partial charge in [0.25, 0.3) is 5.56 Å². The lowest BCUT2D eigenvalue weighted by atomic mass is 10.3. The molecule has 0 radical (unpaired) electrons. The predicted molar refractivity (Wildman–Crippen MR) is 72.9 cm³/mol. The third kappa shape index (κ3) is 3.10. The number of aromatic nitrogens is 2. The van der Waals surface area contributed by atoms with Crippen molar-refractivity contribution in [3.05, 3.63) is 55.1 Å². The highest BCUT2D eigenvalue weighted by molar-refractivity contribution is 6.42. The Hall–Kier alpha value is -1.92. The molecule has 1 heterocycles. The standard InChI is InChI=1S/C11H8Cl2N4O2/c1-17-10(18)5-9(14-11(17)19)16-15-6-2-3-7(12)8(13)4-6/h2-5H,1H3,(H,14,19). The first-order chi connectivity index (χ1) is 8.97. The SMILES string of the molecule is Cn1c(=O)cc(N=Nc2ccc(Cl)c(Cl)c2)[nH]c1=O. The lowest BCUT2D eigenvalue weighted by molar-refractivity contribution is 0.774. The van der Waals surface area contributed by atoms with E-state index in [1.165, 1.54) is 19.2 Å². The van der Waals surface area contributed by atoms with Crippen molar-refractivity contribution in [1.29, 1.82) is 0 Å². The summed E-state index contributed by atoms with van der Waals surface area (Å²) in [5.74, 6) is 0.0687. The quantitative estimate of drug-likeness (QED) is 0.865. The summed E-state index contributed by atoms with van der Waals surface area (Å²) in [6, 6.07) is 5.87. The highest BCUT2D eigenvalue weighted by Gasteiger charge is 2.00. The lowest BCUT2D eigenvalue weighted by Gasteiger charge is -1.97. The number of rotatable bonds is 2. The van der Waals surface area contributed by atoms with E-state index in [2.05, 4.69) is 15.2 Å². The number of hydrogen-bond acceptors (Lipinski definition) is 4. The normalized spacial score (nSPS) is 11.1. The predicted octanol–water partition coefficient (Wildman–Crippen LogP) is 2.80. The molecule has 8 heteroatoms. The topological polar surface area (TPSA) is 79.6 Å². The molecule has 0 amide bonds. The Bertz CT molecular complexity index is 733. The summed E-state index contributed by atoms with van der Waals surface area (Å²) in [7, 11) is 1.36. The maximum Gasteiger partial charge on any atom is 0.329 e. The van der Waals surface area contributed by atoms with Gasteiger partial charge < -0.3 is 0 Å². The second-order valence-electron chi connectivity index (χ2n) is 3.66. The Morgan fingerprint density at radius 1 is 1.11 bits per heavy atom. The largest absolute Gasteiger partial charge is 0.329 e. The number of azo groups is 1. The molecule has 0 unspecified atom stereocenters. The van der Waals surface area contributed by atoms with Gasteiger partial charge in [0.2, 0.25) is 0 Å². The second kappa shape index (κ2) is 5.38. The van der Waals surface area contributed by atoms with Crippen molar-refractivity contribution in [3.63, 3.8) is 0 Å². The molecule has 2 rings (SSSR count). The van der Waals surface area contributed by atoms with Crippen LogP contribution in [0.25, 0.3) is 0 Å². The van der Waals surface area contributed by atoms with Gasteiger partial charge in [-0.05, 0) is 18.2 Å². The summed E-state index contributed by atoms with van der Waals surface area (Å²) in [6.45, 7) is 0. The summed E-state index contributed by atoms with van der Waals surface area (Å²) in [5.41, 5.74) is -0.571. The van der Waals surface area contributed by atoms with Gasteiger partial charge in [0, 0.05) is 13.1 Å². The Morgan fingerprint density at radius 2 is 1.84 bits per heavy atom. The second-order valence-corrected chi connectivity index (χ2v) is 4.47. The number of H-pyrrole nitrogens is 1. The molecule has 0 saturated heterocycles. The number of nitrogens with one attached hydrogen (secondary N) is 1. The molecular weight excluding hydrogens is 291 g/mol. The van der Waals surface area contributed by atoms with Gasteiger partial charge in [0.05, 0.1) is 15.7 Å². The van der Waals surface area contributed by atoms with E-state index in [1.807, 2.05) is 0 Å². The minimum atomic E-state index is -0.560. The van der Waals surface area contributed by atoms with Crippen molar-refractivity contribution in [2.24, 2.45) is 17.3 Å². The Morgan fingerprint density at radius 3 is 2.47 bits per heavy atom. The van der Waals surface area contributed by atoms with Crippen LogP contribution in [0.4, 0.5) is 11.5 Å². The molecule has 0 atom stereocenters. The average Bonchev–Trinajstić information content (AvgIpc) is 2.37. The Labute approximate surface area is 117 Å². The van der Waals surface area contributed by atoms with Gasteiger partial charge >= 0.3 is 5.69 Å². The van der Waals surface area contributed by atoms with Gasteiger partial charge in [-0.2, -0.15) is 0 Å². The van der Waals surface area contributed by atoms with Gasteiger partial charge in [-0.1, -0.05) is 23.2 Å². The fraction of sp³-hybridized carbons (Fsp3) is 0.0909. The van der Waals surface area contributed by atoms with Crippen molar-refractivity contribution in [1.82, 2.24) is 9.55 Å². The van der Waals surface area contributed by atoms with Crippen molar-refractivity contribution in [2.45, 2.75) is 0 Å². The molecule has 0 bridgehead atoms. The molecule has 6 nitrogen and oxygen atoms in total. The maximum atomic E-state index is 11.4. The van der Waals surface area contributed by atoms with E-state index in [9.17, 15) is 9.59 Å². The molecular formula is C11H8Cl2N4O2. The van der Waals surface area contributed by atoms with Crippen molar-refractivity contribution in [2.75, 3.05) is 0 Å². The molecule has 1 aromatic heterocycles. The van der Waals surface area contributed by atoms with Crippen LogP contribution in [0.5, 0.6) is 0 Å². The van der Waals surface area contributed by atoms with Crippen molar-refractivity contribution >= 4 is 34.7 Å². The first kappa shape index (κ1) is 13.5.